The summed E-state index contributed by atoms with van der Waals surface area (Å²) in [5, 5.41) is 3.07. The van der Waals surface area contributed by atoms with Crippen LogP contribution in [0.15, 0.2) is 48.5 Å². The fraction of sp³-hybridized carbons (Fsp3) is 0.458. The number of benzene rings is 2. The number of methoxy groups -OCH3 is 1. The third-order valence-corrected chi connectivity index (χ3v) is 6.19. The van der Waals surface area contributed by atoms with Crippen LogP contribution < -0.4 is 19.9 Å². The molecule has 0 aromatic heterocycles. The van der Waals surface area contributed by atoms with Crippen molar-refractivity contribution in [3.63, 3.8) is 0 Å². The lowest BCUT2D eigenvalue weighted by atomic mass is 10.2. The summed E-state index contributed by atoms with van der Waals surface area (Å²) >= 11 is 0. The first-order chi connectivity index (χ1) is 15.1. The molecule has 1 amide bonds. The number of piperazine rings is 1. The molecule has 1 N–H and O–H groups in total. The summed E-state index contributed by atoms with van der Waals surface area (Å²) in [5.41, 5.74) is 3.20. The van der Waals surface area contributed by atoms with Gasteiger partial charge in [-0.2, -0.15) is 0 Å². The Balaban J connectivity index is 1.27. The van der Waals surface area contributed by atoms with E-state index in [9.17, 15) is 4.79 Å². The molecule has 2 aromatic carbocycles. The summed E-state index contributed by atoms with van der Waals surface area (Å²) in [6, 6.07) is 16.1. The first-order valence-electron chi connectivity index (χ1n) is 11.0. The van der Waals surface area contributed by atoms with Gasteiger partial charge in [0, 0.05) is 56.3 Å². The number of carbonyl (C=O) groups is 1. The van der Waals surface area contributed by atoms with Gasteiger partial charge in [-0.15, -0.1) is 0 Å². The first kappa shape index (κ1) is 21.5. The van der Waals surface area contributed by atoms with Gasteiger partial charge < -0.3 is 24.6 Å². The maximum absolute atomic E-state index is 12.8. The highest BCUT2D eigenvalue weighted by atomic mass is 16.5. The Morgan fingerprint density at radius 1 is 0.871 bits per heavy atom. The number of morpholine rings is 1. The summed E-state index contributed by atoms with van der Waals surface area (Å²) < 4.78 is 10.7. The second kappa shape index (κ2) is 10.0. The van der Waals surface area contributed by atoms with Gasteiger partial charge in [0.15, 0.2) is 0 Å². The van der Waals surface area contributed by atoms with Gasteiger partial charge in [0.25, 0.3) is 0 Å². The summed E-state index contributed by atoms with van der Waals surface area (Å²) in [6.07, 6.45) is 0. The topological polar surface area (TPSA) is 57.3 Å². The Labute approximate surface area is 184 Å². The van der Waals surface area contributed by atoms with Crippen molar-refractivity contribution < 1.29 is 14.3 Å². The Kier molecular flexibility index (Phi) is 6.94. The Morgan fingerprint density at radius 2 is 1.42 bits per heavy atom. The van der Waals surface area contributed by atoms with Crippen molar-refractivity contribution in [2.75, 3.05) is 74.7 Å². The number of hydrogen-bond donors (Lipinski definition) is 1. The minimum absolute atomic E-state index is 0.0389. The first-order valence-corrected chi connectivity index (χ1v) is 11.0. The van der Waals surface area contributed by atoms with E-state index in [1.807, 2.05) is 31.2 Å². The monoisotopic (exact) mass is 424 g/mol. The number of amides is 1. The number of ether oxygens (including phenoxy) is 2. The van der Waals surface area contributed by atoms with E-state index in [-0.39, 0.29) is 11.9 Å². The quantitative estimate of drug-likeness (QED) is 0.770. The summed E-state index contributed by atoms with van der Waals surface area (Å²) in [6.45, 7) is 8.85. The fourth-order valence-corrected chi connectivity index (χ4v) is 4.15. The number of anilines is 3. The van der Waals surface area contributed by atoms with Crippen LogP contribution in [0.1, 0.15) is 6.92 Å². The van der Waals surface area contributed by atoms with Crippen molar-refractivity contribution in [1.29, 1.82) is 0 Å². The van der Waals surface area contributed by atoms with Crippen molar-refractivity contribution in [1.82, 2.24) is 4.90 Å². The maximum atomic E-state index is 12.8. The molecule has 2 fully saturated rings. The van der Waals surface area contributed by atoms with Crippen LogP contribution in [0.5, 0.6) is 5.75 Å². The lowest BCUT2D eigenvalue weighted by Gasteiger charge is -2.38. The van der Waals surface area contributed by atoms with Crippen LogP contribution in [0.25, 0.3) is 0 Å². The molecular weight excluding hydrogens is 392 g/mol. The molecule has 2 aromatic rings. The second-order valence-corrected chi connectivity index (χ2v) is 8.03. The zero-order valence-corrected chi connectivity index (χ0v) is 18.4. The number of carbonyl (C=O) groups excluding carboxylic acids is 1. The van der Waals surface area contributed by atoms with Crippen LogP contribution in [0.4, 0.5) is 17.1 Å². The van der Waals surface area contributed by atoms with E-state index >= 15 is 0 Å². The molecular formula is C24H32N4O3. The molecule has 2 aliphatic rings. The van der Waals surface area contributed by atoms with Gasteiger partial charge in [0.05, 0.1) is 26.4 Å². The second-order valence-electron chi connectivity index (χ2n) is 8.03. The average Bonchev–Trinajstić information content (AvgIpc) is 2.85. The third kappa shape index (κ3) is 5.29. The molecule has 0 spiro atoms. The van der Waals surface area contributed by atoms with Crippen molar-refractivity contribution in [2.24, 2.45) is 0 Å². The number of nitrogens with zero attached hydrogens (tertiary/aromatic N) is 3. The maximum Gasteiger partial charge on any atom is 0.241 e. The molecule has 2 saturated heterocycles. The van der Waals surface area contributed by atoms with E-state index in [0.29, 0.717) is 0 Å². The van der Waals surface area contributed by atoms with Gasteiger partial charge in [-0.05, 0) is 55.5 Å². The highest BCUT2D eigenvalue weighted by molar-refractivity contribution is 5.94. The zero-order chi connectivity index (χ0) is 21.6. The van der Waals surface area contributed by atoms with E-state index in [2.05, 4.69) is 44.3 Å². The molecule has 7 heteroatoms. The molecule has 0 unspecified atom stereocenters. The predicted molar refractivity (Wildman–Crippen MR) is 124 cm³/mol. The Bertz CT molecular complexity index is 842. The van der Waals surface area contributed by atoms with Gasteiger partial charge in [0.2, 0.25) is 5.91 Å². The highest BCUT2D eigenvalue weighted by Crippen LogP contribution is 2.22. The molecule has 7 nitrogen and oxygen atoms in total. The molecule has 0 radical (unpaired) electrons. The summed E-state index contributed by atoms with van der Waals surface area (Å²) in [7, 11) is 1.68. The Morgan fingerprint density at radius 3 is 2.00 bits per heavy atom. The largest absolute Gasteiger partial charge is 0.497 e. The highest BCUT2D eigenvalue weighted by Gasteiger charge is 2.26. The molecule has 0 saturated carbocycles. The van der Waals surface area contributed by atoms with Crippen LogP contribution in [-0.2, 0) is 9.53 Å². The average molecular weight is 425 g/mol. The van der Waals surface area contributed by atoms with Gasteiger partial charge in [-0.1, -0.05) is 0 Å². The fourth-order valence-electron chi connectivity index (χ4n) is 4.15. The normalized spacial score (nSPS) is 18.5. The lowest BCUT2D eigenvalue weighted by Crippen LogP contribution is -2.52. The number of hydrogen-bond acceptors (Lipinski definition) is 6. The summed E-state index contributed by atoms with van der Waals surface area (Å²) in [5.74, 6) is 0.905. The van der Waals surface area contributed by atoms with Crippen LogP contribution in [0, 0.1) is 0 Å². The van der Waals surface area contributed by atoms with Crippen LogP contribution in [0.3, 0.4) is 0 Å². The van der Waals surface area contributed by atoms with Crippen LogP contribution >= 0.6 is 0 Å². The van der Waals surface area contributed by atoms with E-state index < -0.39 is 0 Å². The molecule has 1 atom stereocenters. The number of nitrogens with one attached hydrogen (secondary N) is 1. The molecule has 0 bridgehead atoms. The molecule has 2 heterocycles. The minimum atomic E-state index is -0.170. The van der Waals surface area contributed by atoms with Gasteiger partial charge >= 0.3 is 0 Å². The van der Waals surface area contributed by atoms with E-state index in [1.165, 1.54) is 11.4 Å². The van der Waals surface area contributed by atoms with Gasteiger partial charge in [-0.25, -0.2) is 0 Å². The van der Waals surface area contributed by atoms with Crippen LogP contribution in [-0.4, -0.2) is 76.4 Å². The summed E-state index contributed by atoms with van der Waals surface area (Å²) in [4.78, 5) is 19.7. The molecule has 166 valence electrons. The molecule has 31 heavy (non-hydrogen) atoms. The molecule has 2 aliphatic heterocycles. The van der Waals surface area contributed by atoms with Crippen molar-refractivity contribution in [2.45, 2.75) is 13.0 Å². The molecule has 0 aliphatic carbocycles. The molecule has 4 rings (SSSR count). The Hall–Kier alpha value is -2.77. The smallest absolute Gasteiger partial charge is 0.241 e. The standard InChI is InChI=1S/C24H32N4O3/c1-19(26-11-13-27(14-12-26)22-7-9-23(30-2)10-8-22)24(29)25-20-3-5-21(6-4-20)28-15-17-31-18-16-28/h3-10,19H,11-18H2,1-2H3,(H,25,29)/t19-/m0/s1. The van der Waals surface area contributed by atoms with Gasteiger partial charge in [0.1, 0.15) is 5.75 Å². The SMILES string of the molecule is COc1ccc(N2CCN([C@@H](C)C(=O)Nc3ccc(N4CCOCC4)cc3)CC2)cc1. The minimum Gasteiger partial charge on any atom is -0.497 e. The van der Waals surface area contributed by atoms with Gasteiger partial charge in [-0.3, -0.25) is 9.69 Å². The van der Waals surface area contributed by atoms with E-state index in [1.54, 1.807) is 7.11 Å². The zero-order valence-electron chi connectivity index (χ0n) is 18.4. The third-order valence-electron chi connectivity index (χ3n) is 6.19. The van der Waals surface area contributed by atoms with Crippen molar-refractivity contribution in [3.8, 4) is 5.75 Å². The van der Waals surface area contributed by atoms with E-state index in [4.69, 9.17) is 9.47 Å². The van der Waals surface area contributed by atoms with Crippen LogP contribution in [0.2, 0.25) is 0 Å². The van der Waals surface area contributed by atoms with Crippen molar-refractivity contribution in [3.05, 3.63) is 48.5 Å². The predicted octanol–water partition coefficient (Wildman–Crippen LogP) is 2.68. The number of rotatable bonds is 6. The van der Waals surface area contributed by atoms with E-state index in [0.717, 1.165) is 63.9 Å². The lowest BCUT2D eigenvalue weighted by molar-refractivity contribution is -0.120. The van der Waals surface area contributed by atoms with Crippen molar-refractivity contribution >= 4 is 23.0 Å².